The van der Waals surface area contributed by atoms with E-state index < -0.39 is 0 Å². The van der Waals surface area contributed by atoms with Gasteiger partial charge in [0.15, 0.2) is 10.2 Å². The third-order valence-electron chi connectivity index (χ3n) is 5.13. The van der Waals surface area contributed by atoms with Gasteiger partial charge in [-0.05, 0) is 67.2 Å². The van der Waals surface area contributed by atoms with Crippen molar-refractivity contribution in [3.8, 4) is 0 Å². The van der Waals surface area contributed by atoms with Crippen molar-refractivity contribution in [2.24, 2.45) is 0 Å². The van der Waals surface area contributed by atoms with Crippen molar-refractivity contribution < 1.29 is 13.9 Å². The number of furan rings is 1. The zero-order valence-corrected chi connectivity index (χ0v) is 19.8. The molecule has 1 aliphatic rings. The highest BCUT2D eigenvalue weighted by Gasteiger charge is 2.41. The topological polar surface area (TPSA) is 67.6 Å². The summed E-state index contributed by atoms with van der Waals surface area (Å²) in [5.41, 5.74) is 0.874. The number of nitrogens with one attached hydrogen (secondary N) is 1. The first-order chi connectivity index (χ1) is 15.5. The molecule has 9 heteroatoms. The Morgan fingerprint density at radius 3 is 2.78 bits per heavy atom. The molecule has 1 aromatic carbocycles. The summed E-state index contributed by atoms with van der Waals surface area (Å²) in [6, 6.07) is 17.0. The molecule has 0 radical (unpaired) electrons. The van der Waals surface area contributed by atoms with Gasteiger partial charge in [0.1, 0.15) is 11.8 Å². The Morgan fingerprint density at radius 2 is 2.06 bits per heavy atom. The van der Waals surface area contributed by atoms with Gasteiger partial charge in [-0.2, -0.15) is 0 Å². The number of hydrogen-bond donors (Lipinski definition) is 1. The molecule has 0 aliphatic carbocycles. The smallest absolute Gasteiger partial charge is 0.305 e. The lowest BCUT2D eigenvalue weighted by Crippen LogP contribution is -2.30. The second kappa shape index (κ2) is 10.4. The van der Waals surface area contributed by atoms with Crippen LogP contribution in [0, 0.1) is 0 Å². The Kier molecular flexibility index (Phi) is 7.34. The fourth-order valence-electron chi connectivity index (χ4n) is 3.62. The molecule has 0 amide bonds. The van der Waals surface area contributed by atoms with E-state index in [1.807, 2.05) is 54.6 Å². The number of ether oxygens (including phenoxy) is 1. The first-order valence-electron chi connectivity index (χ1n) is 10.1. The van der Waals surface area contributed by atoms with Gasteiger partial charge in [-0.3, -0.25) is 9.78 Å². The van der Waals surface area contributed by atoms with Crippen LogP contribution in [0.15, 0.2) is 75.2 Å². The van der Waals surface area contributed by atoms with Crippen LogP contribution < -0.4 is 5.32 Å². The Balaban J connectivity index is 1.58. The number of aromatic nitrogens is 1. The second-order valence-electron chi connectivity index (χ2n) is 7.21. The zero-order chi connectivity index (χ0) is 22.5. The van der Waals surface area contributed by atoms with E-state index in [2.05, 4.69) is 15.2 Å². The van der Waals surface area contributed by atoms with Crippen molar-refractivity contribution in [2.75, 3.05) is 13.7 Å². The number of halogens is 1. The number of thiocarbonyl (C=S) groups is 1. The lowest BCUT2D eigenvalue weighted by atomic mass is 10.0. The number of methoxy groups -OCH3 is 1. The van der Waals surface area contributed by atoms with Crippen molar-refractivity contribution in [2.45, 2.75) is 34.9 Å². The van der Waals surface area contributed by atoms with E-state index in [-0.39, 0.29) is 18.1 Å². The molecule has 0 saturated carbocycles. The summed E-state index contributed by atoms with van der Waals surface area (Å²) in [5.74, 6) is 0.545. The minimum atomic E-state index is -0.236. The number of carbonyl (C=O) groups is 1. The molecule has 0 bridgehead atoms. The maximum Gasteiger partial charge on any atom is 0.305 e. The molecule has 166 valence electrons. The molecule has 1 N–H and O–H groups in total. The van der Waals surface area contributed by atoms with Crippen LogP contribution in [-0.2, 0) is 9.53 Å². The lowest BCUT2D eigenvalue weighted by Gasteiger charge is -2.25. The molecule has 3 aromatic rings. The number of pyridine rings is 1. The molecule has 0 spiro atoms. The minimum Gasteiger partial charge on any atom is -0.469 e. The second-order valence-corrected chi connectivity index (χ2v) is 9.11. The number of esters is 1. The van der Waals surface area contributed by atoms with Gasteiger partial charge >= 0.3 is 5.97 Å². The van der Waals surface area contributed by atoms with Crippen molar-refractivity contribution >= 4 is 46.7 Å². The van der Waals surface area contributed by atoms with Crippen LogP contribution in [0.5, 0.6) is 0 Å². The van der Waals surface area contributed by atoms with E-state index >= 15 is 0 Å². The summed E-state index contributed by atoms with van der Waals surface area (Å²) in [7, 11) is 1.40. The number of rotatable bonds is 8. The van der Waals surface area contributed by atoms with E-state index in [1.165, 1.54) is 18.9 Å². The van der Waals surface area contributed by atoms with Crippen LogP contribution in [0.1, 0.15) is 36.4 Å². The predicted molar refractivity (Wildman–Crippen MR) is 128 cm³/mol. The molecule has 4 rings (SSSR count). The van der Waals surface area contributed by atoms with E-state index in [4.69, 9.17) is 33.0 Å². The van der Waals surface area contributed by atoms with E-state index in [0.29, 0.717) is 29.5 Å². The van der Waals surface area contributed by atoms with Gasteiger partial charge in [-0.15, -0.1) is 0 Å². The highest BCUT2D eigenvalue weighted by Crippen LogP contribution is 2.41. The van der Waals surface area contributed by atoms with Crippen LogP contribution >= 0.6 is 35.6 Å². The summed E-state index contributed by atoms with van der Waals surface area (Å²) < 4.78 is 11.0. The zero-order valence-electron chi connectivity index (χ0n) is 17.4. The first-order valence-corrected chi connectivity index (χ1v) is 11.7. The highest BCUT2D eigenvalue weighted by molar-refractivity contribution is 7.99. The molecule has 2 atom stereocenters. The maximum absolute atomic E-state index is 11.6. The monoisotopic (exact) mass is 487 g/mol. The average molecular weight is 488 g/mol. The van der Waals surface area contributed by atoms with Crippen LogP contribution in [0.25, 0.3) is 0 Å². The molecule has 1 fully saturated rings. The SMILES string of the molecule is COC(=O)CCCN1C(=S)NC(c2ccccn2)C1c1ccc(Sc2ccc(Cl)cc2)o1. The molecule has 2 aromatic heterocycles. The summed E-state index contributed by atoms with van der Waals surface area (Å²) in [6.07, 6.45) is 2.71. The van der Waals surface area contributed by atoms with E-state index in [0.717, 1.165) is 21.4 Å². The average Bonchev–Trinajstić information content (AvgIpc) is 3.40. The fourth-order valence-corrected chi connectivity index (χ4v) is 4.85. The summed E-state index contributed by atoms with van der Waals surface area (Å²) >= 11 is 13.2. The molecular weight excluding hydrogens is 466 g/mol. The molecular formula is C23H22ClN3O3S2. The third-order valence-corrected chi connectivity index (χ3v) is 6.66. The van der Waals surface area contributed by atoms with Gasteiger partial charge in [0.2, 0.25) is 0 Å². The van der Waals surface area contributed by atoms with E-state index in [9.17, 15) is 4.79 Å². The summed E-state index contributed by atoms with van der Waals surface area (Å²) in [5, 5.41) is 5.46. The standard InChI is InChI=1S/C23H22ClN3O3S2/c1-29-19(28)6-4-14-27-22(21(26-23(27)31)17-5-2-3-13-25-17)18-11-12-20(30-18)32-16-9-7-15(24)8-10-16/h2-3,5,7-13,21-22H,4,6,14H2,1H3,(H,26,31). The number of hydrogen-bond acceptors (Lipinski definition) is 6. The molecule has 32 heavy (non-hydrogen) atoms. The fraction of sp³-hybridized carbons (Fsp3) is 0.261. The van der Waals surface area contributed by atoms with Crippen molar-refractivity contribution in [1.82, 2.24) is 15.2 Å². The van der Waals surface area contributed by atoms with Crippen molar-refractivity contribution in [3.05, 3.63) is 77.3 Å². The van der Waals surface area contributed by atoms with Crippen molar-refractivity contribution in [1.29, 1.82) is 0 Å². The van der Waals surface area contributed by atoms with Crippen LogP contribution in [0.2, 0.25) is 5.02 Å². The maximum atomic E-state index is 11.6. The number of nitrogens with zero attached hydrogens (tertiary/aromatic N) is 2. The highest BCUT2D eigenvalue weighted by atomic mass is 35.5. The first kappa shape index (κ1) is 22.6. The Bertz CT molecular complexity index is 1080. The van der Waals surface area contributed by atoms with Crippen LogP contribution in [-0.4, -0.2) is 34.6 Å². The minimum absolute atomic E-state index is 0.165. The molecule has 1 aliphatic heterocycles. The quantitative estimate of drug-likeness (QED) is 0.334. The third kappa shape index (κ3) is 5.26. The molecule has 3 heterocycles. The Labute approximate surface area is 201 Å². The van der Waals surface area contributed by atoms with Gasteiger partial charge < -0.3 is 19.4 Å². The number of carbonyl (C=O) groups excluding carboxylic acids is 1. The van der Waals surface area contributed by atoms with E-state index in [1.54, 1.807) is 6.20 Å². The van der Waals surface area contributed by atoms with Crippen LogP contribution in [0.3, 0.4) is 0 Å². The molecule has 6 nitrogen and oxygen atoms in total. The Morgan fingerprint density at radius 1 is 1.25 bits per heavy atom. The van der Waals surface area contributed by atoms with Crippen molar-refractivity contribution in [3.63, 3.8) is 0 Å². The van der Waals surface area contributed by atoms with Gasteiger partial charge in [0.25, 0.3) is 0 Å². The molecule has 1 saturated heterocycles. The van der Waals surface area contributed by atoms with Gasteiger partial charge in [-0.1, -0.05) is 29.4 Å². The largest absolute Gasteiger partial charge is 0.469 e. The lowest BCUT2D eigenvalue weighted by molar-refractivity contribution is -0.140. The summed E-state index contributed by atoms with van der Waals surface area (Å²) in [4.78, 5) is 19.2. The normalized spacial score (nSPS) is 17.9. The summed E-state index contributed by atoms with van der Waals surface area (Å²) in [6.45, 7) is 0.593. The van der Waals surface area contributed by atoms with Gasteiger partial charge in [0, 0.05) is 29.1 Å². The van der Waals surface area contributed by atoms with Gasteiger partial charge in [-0.25, -0.2) is 0 Å². The van der Waals surface area contributed by atoms with Crippen LogP contribution in [0.4, 0.5) is 0 Å². The predicted octanol–water partition coefficient (Wildman–Crippen LogP) is 5.40. The Hall–Kier alpha value is -2.55. The van der Waals surface area contributed by atoms with Gasteiger partial charge in [0.05, 0.1) is 18.8 Å². The number of benzene rings is 1. The molecule has 2 unspecified atom stereocenters.